The number of ether oxygens (including phenoxy) is 2. The van der Waals surface area contributed by atoms with Crippen LogP contribution in [0.25, 0.3) is 0 Å². The van der Waals surface area contributed by atoms with Crippen molar-refractivity contribution in [2.24, 2.45) is 0 Å². The maximum Gasteiger partial charge on any atom is 0.265 e. The normalized spacial score (nSPS) is 10.5. The molecule has 4 nitrogen and oxygen atoms in total. The number of nitrogens with one attached hydrogen (secondary N) is 1. The maximum absolute atomic E-state index is 12.5. The minimum Gasteiger partial charge on any atom is -0.495 e. The number of aryl methyl sites for hydroxylation is 1. The fourth-order valence-electron chi connectivity index (χ4n) is 2.55. The van der Waals surface area contributed by atoms with E-state index in [4.69, 9.17) is 21.1 Å². The molecule has 1 N–H and O–H groups in total. The number of benzene rings is 2. The summed E-state index contributed by atoms with van der Waals surface area (Å²) in [6.07, 6.45) is 0. The highest BCUT2D eigenvalue weighted by molar-refractivity contribution is 7.12. The number of halogens is 1. The molecule has 0 unspecified atom stereocenters. The number of hydrogen-bond acceptors (Lipinski definition) is 4. The number of carbonyl (C=O) groups excluding carboxylic acids is 1. The lowest BCUT2D eigenvalue weighted by molar-refractivity contribution is 0.103. The van der Waals surface area contributed by atoms with Gasteiger partial charge in [0.1, 0.15) is 18.1 Å². The van der Waals surface area contributed by atoms with Gasteiger partial charge in [0.05, 0.1) is 17.0 Å². The van der Waals surface area contributed by atoms with Crippen LogP contribution in [0.4, 0.5) is 5.69 Å². The van der Waals surface area contributed by atoms with Crippen LogP contribution in [0.1, 0.15) is 26.4 Å². The molecule has 0 aliphatic heterocycles. The van der Waals surface area contributed by atoms with Crippen molar-refractivity contribution in [3.8, 4) is 11.5 Å². The molecular weight excluding hydrogens is 382 g/mol. The lowest BCUT2D eigenvalue weighted by atomic mass is 10.1. The van der Waals surface area contributed by atoms with Gasteiger partial charge in [-0.25, -0.2) is 0 Å². The Labute approximate surface area is 167 Å². The third-order valence-electron chi connectivity index (χ3n) is 4.24. The third kappa shape index (κ3) is 4.62. The maximum atomic E-state index is 12.5. The number of methoxy groups -OCH3 is 1. The first-order valence-corrected chi connectivity index (χ1v) is 9.65. The fourth-order valence-corrected chi connectivity index (χ4v) is 3.60. The second kappa shape index (κ2) is 8.46. The highest BCUT2D eigenvalue weighted by Crippen LogP contribution is 2.28. The van der Waals surface area contributed by atoms with Crippen LogP contribution in [0.15, 0.2) is 47.8 Å². The van der Waals surface area contributed by atoms with Crippen LogP contribution in [0.3, 0.4) is 0 Å². The van der Waals surface area contributed by atoms with Gasteiger partial charge < -0.3 is 14.8 Å². The monoisotopic (exact) mass is 401 g/mol. The Balaban J connectivity index is 1.63. The van der Waals surface area contributed by atoms with Crippen molar-refractivity contribution in [3.05, 3.63) is 74.4 Å². The Kier molecular flexibility index (Phi) is 6.04. The first-order chi connectivity index (χ1) is 13.0. The summed E-state index contributed by atoms with van der Waals surface area (Å²) in [6, 6.07) is 13.0. The second-order valence-corrected chi connectivity index (χ2v) is 7.43. The first kappa shape index (κ1) is 19.3. The molecule has 0 atom stereocenters. The van der Waals surface area contributed by atoms with Crippen molar-refractivity contribution < 1.29 is 14.3 Å². The Morgan fingerprint density at radius 3 is 2.70 bits per heavy atom. The van der Waals surface area contributed by atoms with Crippen LogP contribution in [-0.2, 0) is 6.61 Å². The van der Waals surface area contributed by atoms with E-state index in [0.717, 1.165) is 16.9 Å². The Morgan fingerprint density at radius 2 is 1.96 bits per heavy atom. The fraction of sp³-hybridized carbons (Fsp3) is 0.190. The van der Waals surface area contributed by atoms with Gasteiger partial charge in [-0.1, -0.05) is 23.7 Å². The molecule has 0 saturated carbocycles. The van der Waals surface area contributed by atoms with Gasteiger partial charge in [0.25, 0.3) is 5.91 Å². The van der Waals surface area contributed by atoms with E-state index < -0.39 is 0 Å². The predicted molar refractivity (Wildman–Crippen MR) is 111 cm³/mol. The van der Waals surface area contributed by atoms with Crippen LogP contribution >= 0.6 is 22.9 Å². The predicted octanol–water partition coefficient (Wildman–Crippen LogP) is 5.86. The summed E-state index contributed by atoms with van der Waals surface area (Å²) in [5.74, 6) is 1.25. The topological polar surface area (TPSA) is 47.6 Å². The Bertz CT molecular complexity index is 968. The number of thiophene rings is 1. The van der Waals surface area contributed by atoms with Crippen LogP contribution in [0.5, 0.6) is 11.5 Å². The standard InChI is InChI=1S/C21H20ClNO3S/c1-13-5-4-6-18(14(13)2)26-11-15-9-20(27-12-15)21(24)23-16-7-8-19(25-3)17(22)10-16/h4-10,12H,11H2,1-3H3,(H,23,24). The Hall–Kier alpha value is -2.50. The molecule has 1 aromatic heterocycles. The summed E-state index contributed by atoms with van der Waals surface area (Å²) in [4.78, 5) is 13.1. The zero-order valence-corrected chi connectivity index (χ0v) is 16.9. The lowest BCUT2D eigenvalue weighted by Gasteiger charge is -2.10. The SMILES string of the molecule is COc1ccc(NC(=O)c2cc(COc3cccc(C)c3C)cs2)cc1Cl. The van der Waals surface area contributed by atoms with Gasteiger partial charge in [0, 0.05) is 11.3 Å². The number of anilines is 1. The largest absolute Gasteiger partial charge is 0.495 e. The van der Waals surface area contributed by atoms with Crippen molar-refractivity contribution >= 4 is 34.5 Å². The number of amides is 1. The molecular formula is C21H20ClNO3S. The molecule has 0 bridgehead atoms. The highest BCUT2D eigenvalue weighted by atomic mass is 35.5. The van der Waals surface area contributed by atoms with Crippen molar-refractivity contribution in [2.45, 2.75) is 20.5 Å². The zero-order chi connectivity index (χ0) is 19.4. The molecule has 3 aromatic rings. The van der Waals surface area contributed by atoms with Gasteiger partial charge in [0.2, 0.25) is 0 Å². The molecule has 0 spiro atoms. The molecule has 0 aliphatic carbocycles. The van der Waals surface area contributed by atoms with E-state index in [2.05, 4.69) is 18.3 Å². The summed E-state index contributed by atoms with van der Waals surface area (Å²) < 4.78 is 11.0. The van der Waals surface area contributed by atoms with E-state index in [-0.39, 0.29) is 5.91 Å². The molecule has 0 saturated heterocycles. The highest BCUT2D eigenvalue weighted by Gasteiger charge is 2.12. The lowest BCUT2D eigenvalue weighted by Crippen LogP contribution is -2.10. The van der Waals surface area contributed by atoms with E-state index >= 15 is 0 Å². The summed E-state index contributed by atoms with van der Waals surface area (Å²) in [5, 5.41) is 5.22. The van der Waals surface area contributed by atoms with E-state index in [1.165, 1.54) is 16.9 Å². The van der Waals surface area contributed by atoms with Gasteiger partial charge in [-0.3, -0.25) is 4.79 Å². The quantitative estimate of drug-likeness (QED) is 0.562. The number of hydrogen-bond donors (Lipinski definition) is 1. The molecule has 6 heteroatoms. The third-order valence-corrected chi connectivity index (χ3v) is 5.51. The summed E-state index contributed by atoms with van der Waals surface area (Å²) >= 11 is 7.48. The summed E-state index contributed by atoms with van der Waals surface area (Å²) in [5.41, 5.74) is 3.89. The minimum atomic E-state index is -0.181. The summed E-state index contributed by atoms with van der Waals surface area (Å²) in [7, 11) is 1.55. The van der Waals surface area contributed by atoms with Crippen LogP contribution in [-0.4, -0.2) is 13.0 Å². The van der Waals surface area contributed by atoms with Crippen molar-refractivity contribution in [1.29, 1.82) is 0 Å². The van der Waals surface area contributed by atoms with E-state index in [1.54, 1.807) is 25.3 Å². The van der Waals surface area contributed by atoms with Gasteiger partial charge in [-0.2, -0.15) is 0 Å². The van der Waals surface area contributed by atoms with Gasteiger partial charge in [-0.15, -0.1) is 11.3 Å². The molecule has 3 rings (SSSR count). The first-order valence-electron chi connectivity index (χ1n) is 8.39. The molecule has 0 aliphatic rings. The van der Waals surface area contributed by atoms with Gasteiger partial charge >= 0.3 is 0 Å². The van der Waals surface area contributed by atoms with Crippen molar-refractivity contribution in [1.82, 2.24) is 0 Å². The summed E-state index contributed by atoms with van der Waals surface area (Å²) in [6.45, 7) is 4.51. The van der Waals surface area contributed by atoms with Crippen LogP contribution < -0.4 is 14.8 Å². The molecule has 1 heterocycles. The molecule has 27 heavy (non-hydrogen) atoms. The molecule has 140 valence electrons. The second-order valence-electron chi connectivity index (χ2n) is 6.11. The minimum absolute atomic E-state index is 0.181. The van der Waals surface area contributed by atoms with Crippen molar-refractivity contribution in [3.63, 3.8) is 0 Å². The van der Waals surface area contributed by atoms with E-state index in [9.17, 15) is 4.79 Å². The van der Waals surface area contributed by atoms with Crippen molar-refractivity contribution in [2.75, 3.05) is 12.4 Å². The molecule has 0 radical (unpaired) electrons. The average molecular weight is 402 g/mol. The molecule has 1 amide bonds. The Morgan fingerprint density at radius 1 is 1.15 bits per heavy atom. The zero-order valence-electron chi connectivity index (χ0n) is 15.3. The average Bonchev–Trinajstić information content (AvgIpc) is 3.12. The smallest absolute Gasteiger partial charge is 0.265 e. The number of rotatable bonds is 6. The van der Waals surface area contributed by atoms with Crippen LogP contribution in [0.2, 0.25) is 5.02 Å². The van der Waals surface area contributed by atoms with Crippen LogP contribution in [0, 0.1) is 13.8 Å². The molecule has 2 aromatic carbocycles. The van der Waals surface area contributed by atoms with E-state index in [1.807, 2.05) is 30.5 Å². The molecule has 0 fully saturated rings. The number of carbonyl (C=O) groups is 1. The van der Waals surface area contributed by atoms with E-state index in [0.29, 0.717) is 27.9 Å². The van der Waals surface area contributed by atoms with Gasteiger partial charge in [-0.05, 0) is 60.7 Å². The van der Waals surface area contributed by atoms with Gasteiger partial charge in [0.15, 0.2) is 0 Å².